The second-order valence-electron chi connectivity index (χ2n) is 3.91. The molecule has 0 amide bonds. The number of benzene rings is 1. The summed E-state index contributed by atoms with van der Waals surface area (Å²) in [5, 5.41) is 0. The number of halogens is 1. The van der Waals surface area contributed by atoms with Crippen molar-refractivity contribution in [1.29, 1.82) is 0 Å². The van der Waals surface area contributed by atoms with Gasteiger partial charge >= 0.3 is 0 Å². The van der Waals surface area contributed by atoms with Crippen LogP contribution in [0.4, 0.5) is 0 Å². The second kappa shape index (κ2) is 8.06. The predicted molar refractivity (Wildman–Crippen MR) is 71.7 cm³/mol. The van der Waals surface area contributed by atoms with Gasteiger partial charge in [-0.05, 0) is 30.1 Å². The van der Waals surface area contributed by atoms with Crippen LogP contribution in [0, 0.1) is 5.92 Å². The molecule has 15 heavy (non-hydrogen) atoms. The molecule has 84 valence electrons. The van der Waals surface area contributed by atoms with Gasteiger partial charge in [0.25, 0.3) is 0 Å². The zero-order valence-electron chi connectivity index (χ0n) is 9.29. The average molecular weight is 243 g/mol. The van der Waals surface area contributed by atoms with Crippen LogP contribution in [0.15, 0.2) is 30.3 Å². The lowest BCUT2D eigenvalue weighted by molar-refractivity contribution is 0.552. The van der Waals surface area contributed by atoms with Gasteiger partial charge in [-0.15, -0.1) is 11.6 Å². The summed E-state index contributed by atoms with van der Waals surface area (Å²) >= 11 is 7.72. The minimum Gasteiger partial charge on any atom is -0.157 e. The zero-order valence-corrected chi connectivity index (χ0v) is 10.9. The lowest BCUT2D eigenvalue weighted by Crippen LogP contribution is -1.97. The van der Waals surface area contributed by atoms with Crippen molar-refractivity contribution in [3.05, 3.63) is 35.9 Å². The van der Waals surface area contributed by atoms with E-state index in [9.17, 15) is 0 Å². The van der Waals surface area contributed by atoms with Crippen LogP contribution >= 0.6 is 23.4 Å². The van der Waals surface area contributed by atoms with E-state index in [1.54, 1.807) is 0 Å². The fourth-order valence-electron chi connectivity index (χ4n) is 1.38. The normalized spacial score (nSPS) is 12.7. The van der Waals surface area contributed by atoms with Crippen LogP contribution in [0.25, 0.3) is 0 Å². The van der Waals surface area contributed by atoms with Crippen LogP contribution in [0.3, 0.4) is 0 Å². The molecule has 0 nitrogen and oxygen atoms in total. The van der Waals surface area contributed by atoms with Crippen molar-refractivity contribution in [3.63, 3.8) is 0 Å². The van der Waals surface area contributed by atoms with Crippen molar-refractivity contribution in [2.75, 3.05) is 11.6 Å². The third kappa shape index (κ3) is 6.11. The Labute approximate surface area is 102 Å². The van der Waals surface area contributed by atoms with Crippen LogP contribution in [-0.2, 0) is 5.75 Å². The van der Waals surface area contributed by atoms with Crippen molar-refractivity contribution in [1.82, 2.24) is 0 Å². The maximum atomic E-state index is 5.70. The van der Waals surface area contributed by atoms with Crippen LogP contribution in [0.5, 0.6) is 0 Å². The molecule has 0 aliphatic heterocycles. The van der Waals surface area contributed by atoms with E-state index in [0.29, 0.717) is 0 Å². The summed E-state index contributed by atoms with van der Waals surface area (Å²) in [5.74, 6) is 3.94. The Morgan fingerprint density at radius 2 is 1.93 bits per heavy atom. The Balaban J connectivity index is 2.07. The third-order valence-corrected chi connectivity index (χ3v) is 3.75. The maximum Gasteiger partial charge on any atom is 0.0225 e. The molecule has 0 aliphatic rings. The van der Waals surface area contributed by atoms with Gasteiger partial charge in [0.15, 0.2) is 0 Å². The third-order valence-electron chi connectivity index (χ3n) is 2.47. The van der Waals surface area contributed by atoms with Gasteiger partial charge in [-0.3, -0.25) is 0 Å². The Morgan fingerprint density at radius 3 is 2.60 bits per heavy atom. The summed E-state index contributed by atoms with van der Waals surface area (Å²) < 4.78 is 0. The highest BCUT2D eigenvalue weighted by Gasteiger charge is 2.00. The summed E-state index contributed by atoms with van der Waals surface area (Å²) in [6, 6.07) is 10.7. The number of hydrogen-bond acceptors (Lipinski definition) is 1. The molecule has 0 aliphatic carbocycles. The SMILES string of the molecule is CC(CCCl)CCSCc1ccccc1. The first-order valence-electron chi connectivity index (χ1n) is 5.50. The fraction of sp³-hybridized carbons (Fsp3) is 0.538. The van der Waals surface area contributed by atoms with Gasteiger partial charge in [0.1, 0.15) is 0 Å². The van der Waals surface area contributed by atoms with Gasteiger partial charge in [-0.25, -0.2) is 0 Å². The highest BCUT2D eigenvalue weighted by molar-refractivity contribution is 7.98. The summed E-state index contributed by atoms with van der Waals surface area (Å²) in [7, 11) is 0. The summed E-state index contributed by atoms with van der Waals surface area (Å²) in [5.41, 5.74) is 1.42. The number of rotatable bonds is 7. The smallest absolute Gasteiger partial charge is 0.0225 e. The van der Waals surface area contributed by atoms with Gasteiger partial charge in [0.05, 0.1) is 0 Å². The first-order chi connectivity index (χ1) is 7.33. The van der Waals surface area contributed by atoms with E-state index in [0.717, 1.165) is 24.0 Å². The quantitative estimate of drug-likeness (QED) is 0.498. The molecule has 0 N–H and O–H groups in total. The Bertz CT molecular complexity index is 248. The molecule has 0 aromatic heterocycles. The molecule has 0 heterocycles. The van der Waals surface area contributed by atoms with Gasteiger partial charge in [0.2, 0.25) is 0 Å². The van der Waals surface area contributed by atoms with Gasteiger partial charge in [-0.2, -0.15) is 11.8 Å². The first kappa shape index (κ1) is 12.9. The van der Waals surface area contributed by atoms with E-state index >= 15 is 0 Å². The van der Waals surface area contributed by atoms with Gasteiger partial charge in [-0.1, -0.05) is 37.3 Å². The molecule has 1 rings (SSSR count). The summed E-state index contributed by atoms with van der Waals surface area (Å²) in [6.07, 6.45) is 2.43. The monoisotopic (exact) mass is 242 g/mol. The lowest BCUT2D eigenvalue weighted by atomic mass is 10.1. The van der Waals surface area contributed by atoms with Crippen molar-refractivity contribution in [2.45, 2.75) is 25.5 Å². The molecule has 1 atom stereocenters. The standard InChI is InChI=1S/C13H19ClS/c1-12(7-9-14)8-10-15-11-13-5-3-2-4-6-13/h2-6,12H,7-11H2,1H3. The van der Waals surface area contributed by atoms with E-state index in [-0.39, 0.29) is 0 Å². The zero-order chi connectivity index (χ0) is 10.9. The number of hydrogen-bond donors (Lipinski definition) is 0. The molecule has 0 spiro atoms. The van der Waals surface area contributed by atoms with Crippen LogP contribution in [0.2, 0.25) is 0 Å². The van der Waals surface area contributed by atoms with E-state index in [4.69, 9.17) is 11.6 Å². The fourth-order valence-corrected chi connectivity index (χ4v) is 2.89. The molecule has 0 saturated heterocycles. The Hall–Kier alpha value is -0.140. The Kier molecular flexibility index (Phi) is 6.95. The molecular formula is C13H19ClS. The molecule has 1 aromatic carbocycles. The highest BCUT2D eigenvalue weighted by Crippen LogP contribution is 2.17. The largest absolute Gasteiger partial charge is 0.157 e. The lowest BCUT2D eigenvalue weighted by Gasteiger charge is -2.08. The molecule has 0 radical (unpaired) electrons. The molecule has 1 unspecified atom stereocenters. The molecule has 0 fully saturated rings. The Morgan fingerprint density at radius 1 is 1.20 bits per heavy atom. The van der Waals surface area contributed by atoms with Crippen LogP contribution < -0.4 is 0 Å². The number of thioether (sulfide) groups is 1. The van der Waals surface area contributed by atoms with E-state index < -0.39 is 0 Å². The van der Waals surface area contributed by atoms with Crippen molar-refractivity contribution >= 4 is 23.4 Å². The average Bonchev–Trinajstić information content (AvgIpc) is 2.26. The molecule has 1 aromatic rings. The van der Waals surface area contributed by atoms with Crippen molar-refractivity contribution in [2.24, 2.45) is 5.92 Å². The van der Waals surface area contributed by atoms with Crippen LogP contribution in [-0.4, -0.2) is 11.6 Å². The van der Waals surface area contributed by atoms with Crippen LogP contribution in [0.1, 0.15) is 25.3 Å². The topological polar surface area (TPSA) is 0 Å². The van der Waals surface area contributed by atoms with Crippen molar-refractivity contribution in [3.8, 4) is 0 Å². The molecule has 0 saturated carbocycles. The van der Waals surface area contributed by atoms with E-state index in [1.807, 2.05) is 11.8 Å². The minimum absolute atomic E-state index is 0.769. The maximum absolute atomic E-state index is 5.70. The van der Waals surface area contributed by atoms with E-state index in [2.05, 4.69) is 37.3 Å². The minimum atomic E-state index is 0.769. The number of alkyl halides is 1. The van der Waals surface area contributed by atoms with Crippen molar-refractivity contribution < 1.29 is 0 Å². The second-order valence-corrected chi connectivity index (χ2v) is 5.39. The predicted octanol–water partition coefficient (Wildman–Crippen LogP) is 4.57. The summed E-state index contributed by atoms with van der Waals surface area (Å²) in [6.45, 7) is 2.28. The first-order valence-corrected chi connectivity index (χ1v) is 7.19. The molecule has 0 bridgehead atoms. The molecular weight excluding hydrogens is 224 g/mol. The van der Waals surface area contributed by atoms with Gasteiger partial charge in [0, 0.05) is 11.6 Å². The molecule has 2 heteroatoms. The highest BCUT2D eigenvalue weighted by atomic mass is 35.5. The van der Waals surface area contributed by atoms with E-state index in [1.165, 1.54) is 17.7 Å². The van der Waals surface area contributed by atoms with Gasteiger partial charge < -0.3 is 0 Å². The summed E-state index contributed by atoms with van der Waals surface area (Å²) in [4.78, 5) is 0.